The first kappa shape index (κ1) is 20.1. The molecule has 2 aromatic carbocycles. The van der Waals surface area contributed by atoms with E-state index in [0.717, 1.165) is 20.5 Å². The standard InChI is InChI=1S/C21H19BrN2O3S/c1-26-19-11-16(13-23-24-20(25)12-17-8-5-9-28-17)10-18(22)21(19)27-14-15-6-3-2-4-7-15/h2-11,13H,12,14H2,1H3,(H,24,25)/b23-13+. The summed E-state index contributed by atoms with van der Waals surface area (Å²) in [4.78, 5) is 12.9. The Labute approximate surface area is 176 Å². The van der Waals surface area contributed by atoms with Gasteiger partial charge in [-0.05, 0) is 50.6 Å². The van der Waals surface area contributed by atoms with Crippen LogP contribution in [-0.2, 0) is 17.8 Å². The van der Waals surface area contributed by atoms with Crippen molar-refractivity contribution in [1.29, 1.82) is 0 Å². The summed E-state index contributed by atoms with van der Waals surface area (Å²) >= 11 is 5.06. The van der Waals surface area contributed by atoms with Gasteiger partial charge < -0.3 is 9.47 Å². The molecule has 0 atom stereocenters. The van der Waals surface area contributed by atoms with Crippen molar-refractivity contribution in [1.82, 2.24) is 5.43 Å². The third-order valence-corrected chi connectivity index (χ3v) is 5.26. The number of amides is 1. The number of benzene rings is 2. The summed E-state index contributed by atoms with van der Waals surface area (Å²) in [6.07, 6.45) is 1.88. The molecule has 0 aliphatic heterocycles. The maximum absolute atomic E-state index is 11.9. The summed E-state index contributed by atoms with van der Waals surface area (Å²) in [5.74, 6) is 1.04. The van der Waals surface area contributed by atoms with Crippen molar-refractivity contribution in [2.24, 2.45) is 5.10 Å². The number of nitrogens with one attached hydrogen (secondary N) is 1. The molecule has 0 aliphatic rings. The van der Waals surface area contributed by atoms with E-state index in [1.165, 1.54) is 0 Å². The molecule has 0 radical (unpaired) electrons. The summed E-state index contributed by atoms with van der Waals surface area (Å²) in [6.45, 7) is 0.433. The second kappa shape index (κ2) is 10.1. The van der Waals surface area contributed by atoms with Crippen molar-refractivity contribution in [3.05, 3.63) is 80.5 Å². The van der Waals surface area contributed by atoms with E-state index in [0.29, 0.717) is 24.5 Å². The normalized spacial score (nSPS) is 10.8. The molecule has 0 saturated carbocycles. The lowest BCUT2D eigenvalue weighted by atomic mass is 10.2. The van der Waals surface area contributed by atoms with E-state index in [-0.39, 0.29) is 5.91 Å². The van der Waals surface area contributed by atoms with Crippen LogP contribution in [0.5, 0.6) is 11.5 Å². The zero-order chi connectivity index (χ0) is 19.8. The predicted molar refractivity (Wildman–Crippen MR) is 115 cm³/mol. The molecule has 3 rings (SSSR count). The van der Waals surface area contributed by atoms with E-state index in [1.807, 2.05) is 53.9 Å². The molecule has 0 spiro atoms. The number of thiophene rings is 1. The summed E-state index contributed by atoms with van der Waals surface area (Å²) in [5, 5.41) is 5.97. The van der Waals surface area contributed by atoms with Crippen molar-refractivity contribution in [3.8, 4) is 11.5 Å². The van der Waals surface area contributed by atoms with Crippen LogP contribution in [0.15, 0.2) is 69.6 Å². The van der Waals surface area contributed by atoms with E-state index in [2.05, 4.69) is 26.5 Å². The topological polar surface area (TPSA) is 59.9 Å². The van der Waals surface area contributed by atoms with Crippen molar-refractivity contribution in [3.63, 3.8) is 0 Å². The molecule has 28 heavy (non-hydrogen) atoms. The Morgan fingerprint density at radius 3 is 2.75 bits per heavy atom. The van der Waals surface area contributed by atoms with Gasteiger partial charge in [-0.25, -0.2) is 5.43 Å². The Morgan fingerprint density at radius 1 is 1.21 bits per heavy atom. The molecule has 144 valence electrons. The zero-order valence-electron chi connectivity index (χ0n) is 15.2. The second-order valence-electron chi connectivity index (χ2n) is 5.86. The molecule has 0 fully saturated rings. The number of hydrogen-bond acceptors (Lipinski definition) is 5. The quantitative estimate of drug-likeness (QED) is 0.389. The minimum atomic E-state index is -0.160. The van der Waals surface area contributed by atoms with Gasteiger partial charge in [-0.2, -0.15) is 5.10 Å². The number of carbonyl (C=O) groups is 1. The minimum absolute atomic E-state index is 0.160. The number of ether oxygens (including phenoxy) is 2. The van der Waals surface area contributed by atoms with Crippen LogP contribution in [0, 0.1) is 0 Å². The third-order valence-electron chi connectivity index (χ3n) is 3.80. The van der Waals surface area contributed by atoms with Crippen LogP contribution in [0.3, 0.4) is 0 Å². The monoisotopic (exact) mass is 458 g/mol. The number of hydrazone groups is 1. The molecular formula is C21H19BrN2O3S. The second-order valence-corrected chi connectivity index (χ2v) is 7.74. The summed E-state index contributed by atoms with van der Waals surface area (Å²) in [6, 6.07) is 17.4. The number of halogens is 1. The van der Waals surface area contributed by atoms with Crippen LogP contribution >= 0.6 is 27.3 Å². The first-order valence-electron chi connectivity index (χ1n) is 8.54. The van der Waals surface area contributed by atoms with Crippen molar-refractivity contribution in [2.45, 2.75) is 13.0 Å². The average molecular weight is 459 g/mol. The van der Waals surface area contributed by atoms with Crippen molar-refractivity contribution >= 4 is 39.4 Å². The van der Waals surface area contributed by atoms with Gasteiger partial charge in [0.1, 0.15) is 6.61 Å². The Balaban J connectivity index is 1.64. The van der Waals surface area contributed by atoms with Crippen LogP contribution < -0.4 is 14.9 Å². The van der Waals surface area contributed by atoms with Crippen LogP contribution in [0.2, 0.25) is 0 Å². The number of hydrogen-bond donors (Lipinski definition) is 1. The van der Waals surface area contributed by atoms with Crippen molar-refractivity contribution in [2.75, 3.05) is 7.11 Å². The van der Waals surface area contributed by atoms with Crippen LogP contribution in [0.1, 0.15) is 16.0 Å². The number of nitrogens with zero attached hydrogens (tertiary/aromatic N) is 1. The molecule has 1 aromatic heterocycles. The molecule has 1 heterocycles. The fraction of sp³-hybridized carbons (Fsp3) is 0.143. The molecule has 0 bridgehead atoms. The Morgan fingerprint density at radius 2 is 2.04 bits per heavy atom. The first-order chi connectivity index (χ1) is 13.7. The van der Waals surface area contributed by atoms with Gasteiger partial charge in [-0.1, -0.05) is 36.4 Å². The Bertz CT molecular complexity index is 944. The van der Waals surface area contributed by atoms with Crippen LogP contribution in [-0.4, -0.2) is 19.2 Å². The van der Waals surface area contributed by atoms with Gasteiger partial charge in [-0.15, -0.1) is 11.3 Å². The maximum atomic E-state index is 11.9. The summed E-state index contributed by atoms with van der Waals surface area (Å²) < 4.78 is 12.1. The highest BCUT2D eigenvalue weighted by Gasteiger charge is 2.11. The van der Waals surface area contributed by atoms with Gasteiger partial charge in [0, 0.05) is 4.88 Å². The lowest BCUT2D eigenvalue weighted by Gasteiger charge is -2.13. The fourth-order valence-electron chi connectivity index (χ4n) is 2.47. The molecule has 1 amide bonds. The zero-order valence-corrected chi connectivity index (χ0v) is 17.6. The van der Waals surface area contributed by atoms with Gasteiger partial charge in [0.25, 0.3) is 0 Å². The number of rotatable bonds is 8. The predicted octanol–water partition coefficient (Wildman–Crippen LogP) is 4.79. The van der Waals surface area contributed by atoms with Gasteiger partial charge in [0.05, 0.1) is 24.2 Å². The minimum Gasteiger partial charge on any atom is -0.493 e. The van der Waals surface area contributed by atoms with Gasteiger partial charge in [0.2, 0.25) is 5.91 Å². The average Bonchev–Trinajstić information content (AvgIpc) is 3.20. The molecule has 0 aliphatic carbocycles. The Hall–Kier alpha value is -2.64. The lowest BCUT2D eigenvalue weighted by molar-refractivity contribution is -0.120. The van der Waals surface area contributed by atoms with E-state index in [1.54, 1.807) is 30.7 Å². The van der Waals surface area contributed by atoms with Crippen LogP contribution in [0.25, 0.3) is 0 Å². The molecule has 0 unspecified atom stereocenters. The van der Waals surface area contributed by atoms with E-state index in [9.17, 15) is 4.79 Å². The molecule has 3 aromatic rings. The fourth-order valence-corrected chi connectivity index (χ4v) is 3.75. The molecular weight excluding hydrogens is 440 g/mol. The largest absolute Gasteiger partial charge is 0.493 e. The highest BCUT2D eigenvalue weighted by Crippen LogP contribution is 2.36. The molecule has 0 saturated heterocycles. The molecule has 5 nitrogen and oxygen atoms in total. The highest BCUT2D eigenvalue weighted by atomic mass is 79.9. The number of methoxy groups -OCH3 is 1. The van der Waals surface area contributed by atoms with Gasteiger partial charge >= 0.3 is 0 Å². The van der Waals surface area contributed by atoms with Crippen molar-refractivity contribution < 1.29 is 14.3 Å². The lowest BCUT2D eigenvalue weighted by Crippen LogP contribution is -2.19. The van der Waals surface area contributed by atoms with E-state index in [4.69, 9.17) is 9.47 Å². The smallest absolute Gasteiger partial charge is 0.245 e. The summed E-state index contributed by atoms with van der Waals surface area (Å²) in [7, 11) is 1.58. The van der Waals surface area contributed by atoms with Gasteiger partial charge in [0.15, 0.2) is 11.5 Å². The van der Waals surface area contributed by atoms with Crippen LogP contribution in [0.4, 0.5) is 0 Å². The van der Waals surface area contributed by atoms with Gasteiger partial charge in [-0.3, -0.25) is 4.79 Å². The van der Waals surface area contributed by atoms with E-state index < -0.39 is 0 Å². The molecule has 1 N–H and O–H groups in total. The van der Waals surface area contributed by atoms with E-state index >= 15 is 0 Å². The number of carbonyl (C=O) groups excluding carboxylic acids is 1. The third kappa shape index (κ3) is 5.68. The maximum Gasteiger partial charge on any atom is 0.245 e. The Kier molecular flexibility index (Phi) is 7.22. The SMILES string of the molecule is COc1cc(/C=N/NC(=O)Cc2cccs2)cc(Br)c1OCc1ccccc1. The highest BCUT2D eigenvalue weighted by molar-refractivity contribution is 9.10. The molecule has 7 heteroatoms. The summed E-state index contributed by atoms with van der Waals surface area (Å²) in [5.41, 5.74) is 4.37. The first-order valence-corrected chi connectivity index (χ1v) is 10.2.